The van der Waals surface area contributed by atoms with E-state index in [-0.39, 0.29) is 17.9 Å². The number of carbonyl (C=O) groups excluding carboxylic acids is 1. The average molecular weight is 271 g/mol. The smallest absolute Gasteiger partial charge is 0.316 e. The molecule has 0 fully saturated rings. The second-order valence-electron chi connectivity index (χ2n) is 5.23. The first kappa shape index (κ1) is 17.9. The molecule has 0 saturated carbocycles. The van der Waals surface area contributed by atoms with Crippen LogP contribution in [0.15, 0.2) is 0 Å². The highest BCUT2D eigenvalue weighted by Crippen LogP contribution is 2.20. The Morgan fingerprint density at radius 3 is 1.89 bits per heavy atom. The molecular formula is C15H29NO3. The lowest BCUT2D eigenvalue weighted by molar-refractivity contribution is -0.153. The van der Waals surface area contributed by atoms with Crippen LogP contribution in [0.25, 0.3) is 0 Å². The Morgan fingerprint density at radius 1 is 1.05 bits per heavy atom. The lowest BCUT2D eigenvalue weighted by atomic mass is 9.92. The molecule has 0 aliphatic carbocycles. The third kappa shape index (κ3) is 5.21. The van der Waals surface area contributed by atoms with E-state index >= 15 is 0 Å². The van der Waals surface area contributed by atoms with Crippen molar-refractivity contribution in [2.45, 2.75) is 66.3 Å². The van der Waals surface area contributed by atoms with Crippen LogP contribution in [0.5, 0.6) is 0 Å². The van der Waals surface area contributed by atoms with Crippen molar-refractivity contribution in [2.24, 2.45) is 11.8 Å². The number of carboxylic acids is 1. The van der Waals surface area contributed by atoms with Crippen LogP contribution in [0.1, 0.15) is 60.3 Å². The highest BCUT2D eigenvalue weighted by molar-refractivity contribution is 5.97. The number of carboxylic acid groups (broad SMARTS) is 1. The molecule has 4 nitrogen and oxygen atoms in total. The van der Waals surface area contributed by atoms with Gasteiger partial charge < -0.3 is 10.0 Å². The number of hydrogen-bond acceptors (Lipinski definition) is 2. The molecule has 2 atom stereocenters. The largest absolute Gasteiger partial charge is 0.481 e. The number of rotatable bonds is 9. The molecule has 1 N–H and O–H groups in total. The van der Waals surface area contributed by atoms with Crippen LogP contribution in [-0.4, -0.2) is 34.5 Å². The predicted molar refractivity (Wildman–Crippen MR) is 77.0 cm³/mol. The Kier molecular flexibility index (Phi) is 8.44. The van der Waals surface area contributed by atoms with Gasteiger partial charge in [-0.25, -0.2) is 0 Å². The summed E-state index contributed by atoms with van der Waals surface area (Å²) in [6.45, 7) is 10.6. The molecule has 19 heavy (non-hydrogen) atoms. The van der Waals surface area contributed by atoms with Gasteiger partial charge in [-0.2, -0.15) is 0 Å². The molecule has 0 aromatic rings. The monoisotopic (exact) mass is 271 g/mol. The van der Waals surface area contributed by atoms with Gasteiger partial charge in [-0.15, -0.1) is 0 Å². The summed E-state index contributed by atoms with van der Waals surface area (Å²) >= 11 is 0. The van der Waals surface area contributed by atoms with E-state index in [0.29, 0.717) is 13.0 Å². The lowest BCUT2D eigenvalue weighted by Gasteiger charge is -2.32. The van der Waals surface area contributed by atoms with Gasteiger partial charge in [-0.05, 0) is 32.1 Å². The van der Waals surface area contributed by atoms with E-state index in [4.69, 9.17) is 0 Å². The lowest BCUT2D eigenvalue weighted by Crippen LogP contribution is -2.45. The van der Waals surface area contributed by atoms with Gasteiger partial charge in [0.15, 0.2) is 0 Å². The van der Waals surface area contributed by atoms with Crippen molar-refractivity contribution >= 4 is 11.9 Å². The first-order valence-corrected chi connectivity index (χ1v) is 7.45. The van der Waals surface area contributed by atoms with Gasteiger partial charge >= 0.3 is 5.97 Å². The van der Waals surface area contributed by atoms with Gasteiger partial charge in [0.25, 0.3) is 0 Å². The Morgan fingerprint density at radius 2 is 1.58 bits per heavy atom. The maximum absolute atomic E-state index is 12.5. The highest BCUT2D eigenvalue weighted by Gasteiger charge is 2.33. The van der Waals surface area contributed by atoms with Gasteiger partial charge in [0, 0.05) is 12.6 Å². The summed E-state index contributed by atoms with van der Waals surface area (Å²) in [5.74, 6) is -1.85. The summed E-state index contributed by atoms with van der Waals surface area (Å²) in [6, 6.07) is 0.149. The van der Waals surface area contributed by atoms with Crippen molar-refractivity contribution in [1.82, 2.24) is 4.90 Å². The minimum atomic E-state index is -0.991. The number of amides is 1. The molecule has 0 spiro atoms. The molecule has 0 radical (unpaired) electrons. The van der Waals surface area contributed by atoms with E-state index in [2.05, 4.69) is 0 Å². The zero-order chi connectivity index (χ0) is 15.0. The van der Waals surface area contributed by atoms with E-state index in [0.717, 1.165) is 19.3 Å². The molecule has 0 aromatic heterocycles. The van der Waals surface area contributed by atoms with Gasteiger partial charge in [-0.1, -0.05) is 34.1 Å². The van der Waals surface area contributed by atoms with Crippen molar-refractivity contribution < 1.29 is 14.7 Å². The molecule has 1 unspecified atom stereocenters. The van der Waals surface area contributed by atoms with Gasteiger partial charge in [0.1, 0.15) is 5.92 Å². The first-order valence-electron chi connectivity index (χ1n) is 7.45. The second-order valence-corrected chi connectivity index (χ2v) is 5.23. The van der Waals surface area contributed by atoms with Crippen LogP contribution in [-0.2, 0) is 9.59 Å². The summed E-state index contributed by atoms with van der Waals surface area (Å²) in [5, 5.41) is 9.31. The molecule has 0 heterocycles. The molecule has 0 rings (SSSR count). The fourth-order valence-corrected chi connectivity index (χ4v) is 2.40. The minimum absolute atomic E-state index is 0.149. The molecule has 0 saturated heterocycles. The molecule has 4 heteroatoms. The summed E-state index contributed by atoms with van der Waals surface area (Å²) in [6.07, 6.45) is 3.06. The van der Waals surface area contributed by atoms with Crippen LogP contribution >= 0.6 is 0 Å². The third-order valence-corrected chi connectivity index (χ3v) is 3.94. The molecular weight excluding hydrogens is 242 g/mol. The standard InChI is InChI=1S/C15H29NO3/c1-6-11(5)10-13(15(18)19)14(17)16(9-4)12(7-2)8-3/h11-13H,6-10H2,1-5H3,(H,18,19)/t11?,13-/m1/s1. The van der Waals surface area contributed by atoms with E-state index in [1.807, 2.05) is 34.6 Å². The Balaban J connectivity index is 4.99. The predicted octanol–water partition coefficient (Wildman–Crippen LogP) is 3.16. The molecule has 112 valence electrons. The number of hydrogen-bond donors (Lipinski definition) is 1. The summed E-state index contributed by atoms with van der Waals surface area (Å²) in [7, 11) is 0. The van der Waals surface area contributed by atoms with Crippen LogP contribution < -0.4 is 0 Å². The van der Waals surface area contributed by atoms with Gasteiger partial charge in [0.05, 0.1) is 0 Å². The Hall–Kier alpha value is -1.06. The average Bonchev–Trinajstić information content (AvgIpc) is 2.40. The van der Waals surface area contributed by atoms with Crippen molar-refractivity contribution in [2.75, 3.05) is 6.54 Å². The van der Waals surface area contributed by atoms with Crippen LogP contribution in [0, 0.1) is 11.8 Å². The SMILES string of the molecule is CCC(C)C[C@@H](C(=O)O)C(=O)N(CC)C(CC)CC. The van der Waals surface area contributed by atoms with Crippen molar-refractivity contribution in [3.8, 4) is 0 Å². The molecule has 0 aromatic carbocycles. The molecule has 1 amide bonds. The molecule has 0 bridgehead atoms. The minimum Gasteiger partial charge on any atom is -0.481 e. The highest BCUT2D eigenvalue weighted by atomic mass is 16.4. The fourth-order valence-electron chi connectivity index (χ4n) is 2.40. The van der Waals surface area contributed by atoms with E-state index in [1.54, 1.807) is 4.90 Å². The van der Waals surface area contributed by atoms with E-state index in [1.165, 1.54) is 0 Å². The van der Waals surface area contributed by atoms with Gasteiger partial charge in [-0.3, -0.25) is 9.59 Å². The number of carbonyl (C=O) groups is 2. The van der Waals surface area contributed by atoms with Gasteiger partial charge in [0.2, 0.25) is 5.91 Å². The number of aliphatic carboxylic acids is 1. The van der Waals surface area contributed by atoms with Crippen LogP contribution in [0.2, 0.25) is 0 Å². The first-order chi connectivity index (χ1) is 8.92. The fraction of sp³-hybridized carbons (Fsp3) is 0.867. The normalized spacial score (nSPS) is 14.2. The van der Waals surface area contributed by atoms with Crippen LogP contribution in [0.4, 0.5) is 0 Å². The zero-order valence-corrected chi connectivity index (χ0v) is 13.0. The Labute approximate surface area is 117 Å². The quantitative estimate of drug-likeness (QED) is 0.655. The summed E-state index contributed by atoms with van der Waals surface area (Å²) < 4.78 is 0. The van der Waals surface area contributed by atoms with E-state index < -0.39 is 11.9 Å². The second kappa shape index (κ2) is 8.94. The Bertz CT molecular complexity index is 287. The summed E-state index contributed by atoms with van der Waals surface area (Å²) in [4.78, 5) is 25.6. The van der Waals surface area contributed by atoms with E-state index in [9.17, 15) is 14.7 Å². The maximum atomic E-state index is 12.5. The topological polar surface area (TPSA) is 57.6 Å². The summed E-state index contributed by atoms with van der Waals surface area (Å²) in [5.41, 5.74) is 0. The number of nitrogens with zero attached hydrogens (tertiary/aromatic N) is 1. The van der Waals surface area contributed by atoms with Crippen molar-refractivity contribution in [3.63, 3.8) is 0 Å². The third-order valence-electron chi connectivity index (χ3n) is 3.94. The molecule has 0 aliphatic rings. The maximum Gasteiger partial charge on any atom is 0.316 e. The zero-order valence-electron chi connectivity index (χ0n) is 13.0. The molecule has 0 aliphatic heterocycles. The van der Waals surface area contributed by atoms with Crippen molar-refractivity contribution in [3.05, 3.63) is 0 Å². The van der Waals surface area contributed by atoms with Crippen LogP contribution in [0.3, 0.4) is 0 Å². The van der Waals surface area contributed by atoms with Crippen molar-refractivity contribution in [1.29, 1.82) is 0 Å².